The van der Waals surface area contributed by atoms with Crippen molar-refractivity contribution in [3.63, 3.8) is 0 Å². The Hall–Kier alpha value is -1.68. The molecular formula is C13H15FN2O. The van der Waals surface area contributed by atoms with Crippen LogP contribution in [0.5, 0.6) is 0 Å². The number of hydrogen-bond acceptors (Lipinski definition) is 3. The molecule has 1 N–H and O–H groups in total. The van der Waals surface area contributed by atoms with E-state index in [9.17, 15) is 4.39 Å². The van der Waals surface area contributed by atoms with Crippen LogP contribution in [0.15, 0.2) is 28.8 Å². The quantitative estimate of drug-likeness (QED) is 0.886. The Balaban J connectivity index is 2.36. The molecule has 0 spiro atoms. The largest absolute Gasteiger partial charge is 0.439 e. The number of nitrogens with one attached hydrogen (secondary N) is 1. The maximum atomic E-state index is 13.3. The molecule has 1 unspecified atom stereocenters. The molecule has 4 heteroatoms. The summed E-state index contributed by atoms with van der Waals surface area (Å²) in [5.41, 5.74) is 1.57. The number of aryl methyl sites for hydroxylation is 1. The van der Waals surface area contributed by atoms with Gasteiger partial charge in [-0.2, -0.15) is 0 Å². The van der Waals surface area contributed by atoms with E-state index in [1.807, 2.05) is 27.0 Å². The molecule has 17 heavy (non-hydrogen) atoms. The lowest BCUT2D eigenvalue weighted by molar-refractivity contribution is 0.441. The standard InChI is InChI=1S/C13H15FN2O/c1-8-4-10(6-11(14)5-8)12-7-16-13(17-12)9(2)15-3/h4-7,9,15H,1-3H3. The van der Waals surface area contributed by atoms with Gasteiger partial charge in [0.25, 0.3) is 0 Å². The average molecular weight is 234 g/mol. The van der Waals surface area contributed by atoms with E-state index < -0.39 is 0 Å². The van der Waals surface area contributed by atoms with Gasteiger partial charge in [0.2, 0.25) is 5.89 Å². The van der Waals surface area contributed by atoms with Crippen LogP contribution in [0.25, 0.3) is 11.3 Å². The number of halogens is 1. The number of rotatable bonds is 3. The summed E-state index contributed by atoms with van der Waals surface area (Å²) in [5, 5.41) is 3.04. The van der Waals surface area contributed by atoms with E-state index in [-0.39, 0.29) is 11.9 Å². The second-order valence-electron chi connectivity index (χ2n) is 4.09. The summed E-state index contributed by atoms with van der Waals surface area (Å²) >= 11 is 0. The Morgan fingerprint density at radius 1 is 1.35 bits per heavy atom. The van der Waals surface area contributed by atoms with Crippen LogP contribution < -0.4 is 5.32 Å². The molecule has 1 atom stereocenters. The molecule has 0 saturated carbocycles. The number of benzene rings is 1. The molecule has 0 aliphatic rings. The number of oxazole rings is 1. The molecule has 2 aromatic rings. The molecule has 0 fully saturated rings. The van der Waals surface area contributed by atoms with Gasteiger partial charge in [0.15, 0.2) is 5.76 Å². The molecule has 90 valence electrons. The van der Waals surface area contributed by atoms with Gasteiger partial charge in [-0.25, -0.2) is 9.37 Å². The van der Waals surface area contributed by atoms with Gasteiger partial charge < -0.3 is 9.73 Å². The van der Waals surface area contributed by atoms with E-state index in [2.05, 4.69) is 10.3 Å². The van der Waals surface area contributed by atoms with Crippen molar-refractivity contribution in [2.75, 3.05) is 7.05 Å². The fourth-order valence-corrected chi connectivity index (χ4v) is 1.62. The molecule has 0 bridgehead atoms. The van der Waals surface area contributed by atoms with Gasteiger partial charge in [-0.1, -0.05) is 0 Å². The molecule has 1 heterocycles. The first-order valence-corrected chi connectivity index (χ1v) is 5.50. The van der Waals surface area contributed by atoms with Crippen LogP contribution in [0.2, 0.25) is 0 Å². The lowest BCUT2D eigenvalue weighted by Gasteiger charge is -2.04. The molecule has 0 aliphatic carbocycles. The SMILES string of the molecule is CNC(C)c1ncc(-c2cc(C)cc(F)c2)o1. The van der Waals surface area contributed by atoms with Crippen LogP contribution in [0.3, 0.4) is 0 Å². The van der Waals surface area contributed by atoms with E-state index in [1.165, 1.54) is 12.1 Å². The highest BCUT2D eigenvalue weighted by atomic mass is 19.1. The normalized spacial score (nSPS) is 12.7. The summed E-state index contributed by atoms with van der Waals surface area (Å²) in [7, 11) is 1.83. The van der Waals surface area contributed by atoms with Gasteiger partial charge in [-0.3, -0.25) is 0 Å². The Kier molecular flexibility index (Phi) is 3.24. The van der Waals surface area contributed by atoms with Crippen LogP contribution in [0.1, 0.15) is 24.4 Å². The molecule has 0 radical (unpaired) electrons. The zero-order valence-corrected chi connectivity index (χ0v) is 10.1. The molecule has 1 aromatic carbocycles. The van der Waals surface area contributed by atoms with Crippen LogP contribution in [-0.2, 0) is 0 Å². The number of aromatic nitrogens is 1. The molecule has 0 aliphatic heterocycles. The summed E-state index contributed by atoms with van der Waals surface area (Å²) in [6, 6.07) is 4.84. The van der Waals surface area contributed by atoms with Crippen molar-refractivity contribution < 1.29 is 8.81 Å². The minimum atomic E-state index is -0.264. The molecule has 3 nitrogen and oxygen atoms in total. The first-order valence-electron chi connectivity index (χ1n) is 5.50. The average Bonchev–Trinajstić information content (AvgIpc) is 2.76. The first kappa shape index (κ1) is 11.8. The highest BCUT2D eigenvalue weighted by Crippen LogP contribution is 2.24. The minimum absolute atomic E-state index is 0.0402. The second kappa shape index (κ2) is 4.67. The van der Waals surface area contributed by atoms with Crippen molar-refractivity contribution in [3.05, 3.63) is 41.7 Å². The molecule has 0 saturated heterocycles. The van der Waals surface area contributed by atoms with E-state index in [0.29, 0.717) is 17.2 Å². The van der Waals surface area contributed by atoms with Crippen LogP contribution in [0, 0.1) is 12.7 Å². The number of hydrogen-bond donors (Lipinski definition) is 1. The summed E-state index contributed by atoms with van der Waals surface area (Å²) in [4.78, 5) is 4.17. The number of nitrogens with zero attached hydrogens (tertiary/aromatic N) is 1. The van der Waals surface area contributed by atoms with Crippen molar-refractivity contribution in [1.82, 2.24) is 10.3 Å². The zero-order chi connectivity index (χ0) is 12.4. The maximum absolute atomic E-state index is 13.3. The summed E-state index contributed by atoms with van der Waals surface area (Å²) in [6.45, 7) is 3.80. The van der Waals surface area contributed by atoms with Crippen molar-refractivity contribution >= 4 is 0 Å². The third-order valence-corrected chi connectivity index (χ3v) is 2.65. The second-order valence-corrected chi connectivity index (χ2v) is 4.09. The van der Waals surface area contributed by atoms with Crippen molar-refractivity contribution in [2.24, 2.45) is 0 Å². The van der Waals surface area contributed by atoms with Crippen molar-refractivity contribution in [3.8, 4) is 11.3 Å². The molecule has 2 rings (SSSR count). The lowest BCUT2D eigenvalue weighted by Crippen LogP contribution is -2.12. The minimum Gasteiger partial charge on any atom is -0.439 e. The van der Waals surface area contributed by atoms with Gasteiger partial charge in [0.05, 0.1) is 12.2 Å². The van der Waals surface area contributed by atoms with E-state index in [0.717, 1.165) is 5.56 Å². The predicted molar refractivity (Wildman–Crippen MR) is 64.1 cm³/mol. The van der Waals surface area contributed by atoms with E-state index in [1.54, 1.807) is 6.20 Å². The van der Waals surface area contributed by atoms with Gasteiger partial charge in [-0.05, 0) is 44.7 Å². The van der Waals surface area contributed by atoms with Crippen molar-refractivity contribution in [1.29, 1.82) is 0 Å². The first-order chi connectivity index (χ1) is 8.10. The van der Waals surface area contributed by atoms with Crippen LogP contribution >= 0.6 is 0 Å². The lowest BCUT2D eigenvalue weighted by atomic mass is 10.1. The van der Waals surface area contributed by atoms with Gasteiger partial charge in [-0.15, -0.1) is 0 Å². The molecule has 0 amide bonds. The van der Waals surface area contributed by atoms with Gasteiger partial charge >= 0.3 is 0 Å². The van der Waals surface area contributed by atoms with Crippen LogP contribution in [0.4, 0.5) is 4.39 Å². The third-order valence-electron chi connectivity index (χ3n) is 2.65. The van der Waals surface area contributed by atoms with E-state index in [4.69, 9.17) is 4.42 Å². The fraction of sp³-hybridized carbons (Fsp3) is 0.308. The highest BCUT2D eigenvalue weighted by Gasteiger charge is 2.12. The zero-order valence-electron chi connectivity index (χ0n) is 10.1. The Bertz CT molecular complexity index is 502. The van der Waals surface area contributed by atoms with Gasteiger partial charge in [0.1, 0.15) is 5.82 Å². The summed E-state index contributed by atoms with van der Waals surface area (Å²) in [5.74, 6) is 0.925. The summed E-state index contributed by atoms with van der Waals surface area (Å²) < 4.78 is 18.9. The van der Waals surface area contributed by atoms with Crippen LogP contribution in [-0.4, -0.2) is 12.0 Å². The molecular weight excluding hydrogens is 219 g/mol. The Morgan fingerprint density at radius 2 is 2.12 bits per heavy atom. The van der Waals surface area contributed by atoms with Crippen molar-refractivity contribution in [2.45, 2.75) is 19.9 Å². The molecule has 1 aromatic heterocycles. The monoisotopic (exact) mass is 234 g/mol. The maximum Gasteiger partial charge on any atom is 0.211 e. The van der Waals surface area contributed by atoms with E-state index >= 15 is 0 Å². The third kappa shape index (κ3) is 2.53. The predicted octanol–water partition coefficient (Wildman–Crippen LogP) is 3.07. The Labute approximate surface area is 99.7 Å². The highest BCUT2D eigenvalue weighted by molar-refractivity contribution is 5.57. The topological polar surface area (TPSA) is 38.1 Å². The summed E-state index contributed by atoms with van der Waals surface area (Å²) in [6.07, 6.45) is 1.62. The smallest absolute Gasteiger partial charge is 0.211 e. The fourth-order valence-electron chi connectivity index (χ4n) is 1.62. The van der Waals surface area contributed by atoms with Gasteiger partial charge in [0, 0.05) is 5.56 Å². The Morgan fingerprint density at radius 3 is 2.76 bits per heavy atom.